The summed E-state index contributed by atoms with van der Waals surface area (Å²) in [6, 6.07) is 0. The Morgan fingerprint density at radius 1 is 0.643 bits per heavy atom. The third kappa shape index (κ3) is 4.41. The first-order valence-corrected chi connectivity index (χ1v) is 11.8. The van der Waals surface area contributed by atoms with Crippen molar-refractivity contribution in [2.24, 2.45) is 29.1 Å². The van der Waals surface area contributed by atoms with E-state index >= 15 is 0 Å². The molecule has 0 heterocycles. The lowest BCUT2D eigenvalue weighted by molar-refractivity contribution is -0.172. The zero-order chi connectivity index (χ0) is 20.0. The van der Waals surface area contributed by atoms with Gasteiger partial charge in [0.2, 0.25) is 0 Å². The van der Waals surface area contributed by atoms with Gasteiger partial charge in [-0.2, -0.15) is 0 Å². The quantitative estimate of drug-likeness (QED) is 0.546. The molecule has 0 saturated heterocycles. The van der Waals surface area contributed by atoms with Crippen LogP contribution in [0, 0.1) is 29.1 Å². The van der Waals surface area contributed by atoms with Crippen molar-refractivity contribution < 1.29 is 19.1 Å². The Kier molecular flexibility index (Phi) is 7.82. The van der Waals surface area contributed by atoms with Crippen molar-refractivity contribution in [3.8, 4) is 0 Å². The molecule has 0 spiro atoms. The first kappa shape index (κ1) is 21.6. The monoisotopic (exact) mass is 392 g/mol. The largest absolute Gasteiger partial charge is 0.469 e. The molecule has 160 valence electrons. The summed E-state index contributed by atoms with van der Waals surface area (Å²) >= 11 is 0. The van der Waals surface area contributed by atoms with Crippen LogP contribution in [-0.4, -0.2) is 26.2 Å². The number of carbonyl (C=O) groups is 2. The number of hydrogen-bond acceptors (Lipinski definition) is 4. The van der Waals surface area contributed by atoms with Crippen LogP contribution < -0.4 is 0 Å². The maximum absolute atomic E-state index is 13.2. The number of carbonyl (C=O) groups excluding carboxylic acids is 2. The minimum atomic E-state index is -0.275. The molecule has 4 nitrogen and oxygen atoms in total. The summed E-state index contributed by atoms with van der Waals surface area (Å²) in [4.78, 5) is 26.5. The fourth-order valence-corrected chi connectivity index (χ4v) is 7.01. The van der Waals surface area contributed by atoms with Gasteiger partial charge < -0.3 is 9.47 Å². The number of rotatable bonds is 6. The minimum absolute atomic E-state index is 0.0708. The molecular formula is C24H40O4. The van der Waals surface area contributed by atoms with Crippen molar-refractivity contribution in [1.82, 2.24) is 0 Å². The summed E-state index contributed by atoms with van der Waals surface area (Å²) in [6.07, 6.45) is 17.1. The number of ether oxygens (including phenoxy) is 2. The molecule has 2 atom stereocenters. The molecule has 0 amide bonds. The lowest BCUT2D eigenvalue weighted by Gasteiger charge is -2.52. The highest BCUT2D eigenvalue weighted by molar-refractivity contribution is 5.78. The van der Waals surface area contributed by atoms with Gasteiger partial charge in [0.1, 0.15) is 0 Å². The standard InChI is InChI=1S/C24H40O4/c1-27-22(25)20(18-12-6-3-7-13-18)24(16-10-5-11-17-24)21(23(26)28-2)19-14-8-4-9-15-19/h18-21H,3-17H2,1-2H3. The molecule has 4 heteroatoms. The lowest BCUT2D eigenvalue weighted by atomic mass is 9.51. The molecule has 0 radical (unpaired) electrons. The number of hydrogen-bond donors (Lipinski definition) is 0. The van der Waals surface area contributed by atoms with E-state index in [-0.39, 0.29) is 29.2 Å². The summed E-state index contributed by atoms with van der Waals surface area (Å²) in [6.45, 7) is 0. The van der Waals surface area contributed by atoms with Gasteiger partial charge in [0.15, 0.2) is 0 Å². The molecule has 0 aromatic heterocycles. The SMILES string of the molecule is COC(=O)C(C1CCCCC1)C1(C(C(=O)OC)C2CCCCC2)CCCCC1. The second-order valence-corrected chi connectivity index (χ2v) is 9.59. The molecule has 3 aliphatic carbocycles. The van der Waals surface area contributed by atoms with Gasteiger partial charge in [0.25, 0.3) is 0 Å². The van der Waals surface area contributed by atoms with E-state index in [1.165, 1.54) is 59.2 Å². The Bertz CT molecular complexity index is 471. The average Bonchev–Trinajstić information content (AvgIpc) is 2.76. The van der Waals surface area contributed by atoms with Gasteiger partial charge in [-0.25, -0.2) is 0 Å². The van der Waals surface area contributed by atoms with E-state index in [1.807, 2.05) is 0 Å². The molecule has 28 heavy (non-hydrogen) atoms. The first-order chi connectivity index (χ1) is 13.6. The lowest BCUT2D eigenvalue weighted by Crippen LogP contribution is -2.53. The van der Waals surface area contributed by atoms with Crippen LogP contribution in [0.4, 0.5) is 0 Å². The summed E-state index contributed by atoms with van der Waals surface area (Å²) in [5, 5.41) is 0. The first-order valence-electron chi connectivity index (χ1n) is 11.8. The van der Waals surface area contributed by atoms with Gasteiger partial charge in [0.05, 0.1) is 26.1 Å². The molecule has 0 aromatic carbocycles. The molecule has 0 N–H and O–H groups in total. The van der Waals surface area contributed by atoms with Crippen molar-refractivity contribution >= 4 is 11.9 Å². The molecule has 0 aromatic rings. The van der Waals surface area contributed by atoms with Crippen LogP contribution >= 0.6 is 0 Å². The van der Waals surface area contributed by atoms with E-state index in [0.717, 1.165) is 51.4 Å². The highest BCUT2D eigenvalue weighted by atomic mass is 16.5. The second-order valence-electron chi connectivity index (χ2n) is 9.59. The van der Waals surface area contributed by atoms with Crippen molar-refractivity contribution in [3.05, 3.63) is 0 Å². The van der Waals surface area contributed by atoms with Gasteiger partial charge in [0, 0.05) is 0 Å². The van der Waals surface area contributed by atoms with Crippen LogP contribution in [0.2, 0.25) is 0 Å². The smallest absolute Gasteiger partial charge is 0.309 e. The van der Waals surface area contributed by atoms with Gasteiger partial charge in [-0.05, 0) is 55.8 Å². The van der Waals surface area contributed by atoms with E-state index in [0.29, 0.717) is 11.8 Å². The Morgan fingerprint density at radius 2 is 1.00 bits per heavy atom. The van der Waals surface area contributed by atoms with Crippen molar-refractivity contribution in [1.29, 1.82) is 0 Å². The van der Waals surface area contributed by atoms with Crippen LogP contribution in [-0.2, 0) is 19.1 Å². The molecule has 3 aliphatic rings. The van der Waals surface area contributed by atoms with E-state index in [4.69, 9.17) is 9.47 Å². The summed E-state index contributed by atoms with van der Waals surface area (Å²) in [5.41, 5.74) is -0.275. The third-order valence-corrected chi connectivity index (χ3v) is 8.18. The normalized spacial score (nSPS) is 26.2. The Hall–Kier alpha value is -1.06. The minimum Gasteiger partial charge on any atom is -0.469 e. The van der Waals surface area contributed by atoms with Gasteiger partial charge in [-0.3, -0.25) is 9.59 Å². The van der Waals surface area contributed by atoms with Gasteiger partial charge in [-0.15, -0.1) is 0 Å². The maximum Gasteiger partial charge on any atom is 0.309 e. The van der Waals surface area contributed by atoms with Crippen LogP contribution in [0.15, 0.2) is 0 Å². The van der Waals surface area contributed by atoms with E-state index in [9.17, 15) is 9.59 Å². The Balaban J connectivity index is 2.03. The fourth-order valence-electron chi connectivity index (χ4n) is 7.01. The molecule has 0 aliphatic heterocycles. The van der Waals surface area contributed by atoms with Crippen molar-refractivity contribution in [2.45, 2.75) is 96.3 Å². The number of methoxy groups -OCH3 is 2. The Morgan fingerprint density at radius 3 is 1.36 bits per heavy atom. The van der Waals surface area contributed by atoms with Crippen LogP contribution in [0.1, 0.15) is 96.3 Å². The highest BCUT2D eigenvalue weighted by Gasteiger charge is 2.56. The molecule has 3 saturated carbocycles. The predicted octanol–water partition coefficient (Wildman–Crippen LogP) is 5.68. The molecule has 3 rings (SSSR count). The molecule has 0 bridgehead atoms. The predicted molar refractivity (Wildman–Crippen MR) is 110 cm³/mol. The van der Waals surface area contributed by atoms with Crippen molar-refractivity contribution in [3.63, 3.8) is 0 Å². The van der Waals surface area contributed by atoms with E-state index in [2.05, 4.69) is 0 Å². The van der Waals surface area contributed by atoms with E-state index < -0.39 is 0 Å². The second kappa shape index (κ2) is 10.1. The molecule has 2 unspecified atom stereocenters. The van der Waals surface area contributed by atoms with Gasteiger partial charge in [-0.1, -0.05) is 57.8 Å². The molecule has 3 fully saturated rings. The fraction of sp³-hybridized carbons (Fsp3) is 0.917. The zero-order valence-electron chi connectivity index (χ0n) is 18.0. The topological polar surface area (TPSA) is 52.6 Å². The van der Waals surface area contributed by atoms with Gasteiger partial charge >= 0.3 is 11.9 Å². The summed E-state index contributed by atoms with van der Waals surface area (Å²) in [5.74, 6) is 0.273. The summed E-state index contributed by atoms with van der Waals surface area (Å²) in [7, 11) is 3.06. The zero-order valence-corrected chi connectivity index (χ0v) is 18.0. The maximum atomic E-state index is 13.2. The molecular weight excluding hydrogens is 352 g/mol. The van der Waals surface area contributed by atoms with Crippen LogP contribution in [0.5, 0.6) is 0 Å². The van der Waals surface area contributed by atoms with Crippen LogP contribution in [0.3, 0.4) is 0 Å². The average molecular weight is 393 g/mol. The number of esters is 2. The Labute approximate surface area is 171 Å². The van der Waals surface area contributed by atoms with Crippen LogP contribution in [0.25, 0.3) is 0 Å². The highest BCUT2D eigenvalue weighted by Crippen LogP contribution is 2.57. The van der Waals surface area contributed by atoms with E-state index in [1.54, 1.807) is 0 Å². The van der Waals surface area contributed by atoms with Crippen molar-refractivity contribution in [2.75, 3.05) is 14.2 Å². The summed E-state index contributed by atoms with van der Waals surface area (Å²) < 4.78 is 10.8. The third-order valence-electron chi connectivity index (χ3n) is 8.18.